The monoisotopic (exact) mass is 277 g/mol. The van der Waals surface area contributed by atoms with Gasteiger partial charge in [-0.3, -0.25) is 0 Å². The van der Waals surface area contributed by atoms with Crippen LogP contribution >= 0.6 is 0 Å². The van der Waals surface area contributed by atoms with Crippen molar-refractivity contribution in [2.75, 3.05) is 6.61 Å². The number of para-hydroxylation sites is 1. The molecule has 1 heterocycles. The number of rotatable bonds is 7. The van der Waals surface area contributed by atoms with Crippen LogP contribution in [0.25, 0.3) is 11.0 Å². The van der Waals surface area contributed by atoms with E-state index in [-0.39, 0.29) is 11.7 Å². The second-order valence-corrected chi connectivity index (χ2v) is 4.92. The standard InChI is InChI=1S/C14H19N3O3/c1-10(2)20-9-4-3-8-17-13-11(14(18)19)6-5-7-12(13)15-16-17/h5-7,10H,3-4,8-9H2,1-2H3,(H,18,19). The van der Waals surface area contributed by atoms with Gasteiger partial charge in [-0.05, 0) is 38.8 Å². The van der Waals surface area contributed by atoms with Crippen LogP contribution in [0.3, 0.4) is 0 Å². The van der Waals surface area contributed by atoms with E-state index < -0.39 is 5.97 Å². The van der Waals surface area contributed by atoms with Crippen molar-refractivity contribution in [3.63, 3.8) is 0 Å². The van der Waals surface area contributed by atoms with Gasteiger partial charge >= 0.3 is 5.97 Å². The average molecular weight is 277 g/mol. The molecule has 1 aromatic heterocycles. The van der Waals surface area contributed by atoms with Gasteiger partial charge in [0.1, 0.15) is 11.0 Å². The third kappa shape index (κ3) is 3.33. The summed E-state index contributed by atoms with van der Waals surface area (Å²) >= 11 is 0. The molecule has 0 amide bonds. The van der Waals surface area contributed by atoms with E-state index in [1.54, 1.807) is 22.9 Å². The molecule has 6 nitrogen and oxygen atoms in total. The highest BCUT2D eigenvalue weighted by Crippen LogP contribution is 2.17. The first-order chi connectivity index (χ1) is 9.59. The van der Waals surface area contributed by atoms with Crippen LogP contribution in [0.15, 0.2) is 18.2 Å². The number of carbonyl (C=O) groups is 1. The van der Waals surface area contributed by atoms with Crippen molar-refractivity contribution in [1.29, 1.82) is 0 Å². The van der Waals surface area contributed by atoms with Crippen LogP contribution in [0.4, 0.5) is 0 Å². The van der Waals surface area contributed by atoms with Crippen molar-refractivity contribution in [3.05, 3.63) is 23.8 Å². The van der Waals surface area contributed by atoms with Gasteiger partial charge in [-0.2, -0.15) is 0 Å². The van der Waals surface area contributed by atoms with Crippen molar-refractivity contribution in [3.8, 4) is 0 Å². The first-order valence-electron chi connectivity index (χ1n) is 6.76. The van der Waals surface area contributed by atoms with Gasteiger partial charge in [0.2, 0.25) is 0 Å². The minimum absolute atomic E-state index is 0.237. The van der Waals surface area contributed by atoms with Crippen molar-refractivity contribution < 1.29 is 14.6 Å². The van der Waals surface area contributed by atoms with Crippen LogP contribution in [-0.4, -0.2) is 38.8 Å². The van der Waals surface area contributed by atoms with Crippen molar-refractivity contribution in [1.82, 2.24) is 15.0 Å². The predicted molar refractivity (Wildman–Crippen MR) is 74.8 cm³/mol. The molecule has 0 radical (unpaired) electrons. The van der Waals surface area contributed by atoms with E-state index in [9.17, 15) is 9.90 Å². The average Bonchev–Trinajstić information content (AvgIpc) is 2.81. The van der Waals surface area contributed by atoms with E-state index in [2.05, 4.69) is 10.3 Å². The summed E-state index contributed by atoms with van der Waals surface area (Å²) in [5.74, 6) is -0.956. The summed E-state index contributed by atoms with van der Waals surface area (Å²) in [6.45, 7) is 5.35. The van der Waals surface area contributed by atoms with Gasteiger partial charge < -0.3 is 9.84 Å². The normalized spacial score (nSPS) is 11.3. The molecule has 0 aliphatic rings. The van der Waals surface area contributed by atoms with E-state index in [0.29, 0.717) is 24.2 Å². The molecule has 108 valence electrons. The molecule has 0 saturated carbocycles. The highest BCUT2D eigenvalue weighted by Gasteiger charge is 2.14. The van der Waals surface area contributed by atoms with E-state index in [0.717, 1.165) is 12.8 Å². The first kappa shape index (κ1) is 14.5. The molecule has 0 aliphatic heterocycles. The molecule has 2 rings (SSSR count). The van der Waals surface area contributed by atoms with Crippen molar-refractivity contribution in [2.45, 2.75) is 39.3 Å². The third-order valence-electron chi connectivity index (χ3n) is 2.98. The number of unbranched alkanes of at least 4 members (excludes halogenated alkanes) is 1. The zero-order valence-electron chi connectivity index (χ0n) is 11.7. The maximum Gasteiger partial charge on any atom is 0.337 e. The summed E-state index contributed by atoms with van der Waals surface area (Å²) in [5, 5.41) is 17.2. The summed E-state index contributed by atoms with van der Waals surface area (Å²) in [6.07, 6.45) is 2.02. The highest BCUT2D eigenvalue weighted by atomic mass is 16.5. The zero-order valence-corrected chi connectivity index (χ0v) is 11.7. The van der Waals surface area contributed by atoms with E-state index in [1.807, 2.05) is 13.8 Å². The zero-order chi connectivity index (χ0) is 14.5. The molecule has 0 fully saturated rings. The Morgan fingerprint density at radius 2 is 2.20 bits per heavy atom. The van der Waals surface area contributed by atoms with Gasteiger partial charge in [0.05, 0.1) is 11.7 Å². The number of ether oxygens (including phenoxy) is 1. The van der Waals surface area contributed by atoms with Gasteiger partial charge in [-0.1, -0.05) is 11.3 Å². The molecule has 20 heavy (non-hydrogen) atoms. The van der Waals surface area contributed by atoms with Crippen LogP contribution in [0.5, 0.6) is 0 Å². The lowest BCUT2D eigenvalue weighted by atomic mass is 10.2. The smallest absolute Gasteiger partial charge is 0.337 e. The van der Waals surface area contributed by atoms with Crippen LogP contribution in [0.1, 0.15) is 37.0 Å². The first-order valence-corrected chi connectivity index (χ1v) is 6.76. The molecule has 0 saturated heterocycles. The van der Waals surface area contributed by atoms with Gasteiger partial charge in [0.15, 0.2) is 0 Å². The third-order valence-corrected chi connectivity index (χ3v) is 2.98. The Labute approximate surface area is 117 Å². The number of fused-ring (bicyclic) bond motifs is 1. The molecule has 0 atom stereocenters. The quantitative estimate of drug-likeness (QED) is 0.786. The minimum Gasteiger partial charge on any atom is -0.478 e. The van der Waals surface area contributed by atoms with Gasteiger partial charge in [0.25, 0.3) is 0 Å². The number of hydrogen-bond acceptors (Lipinski definition) is 4. The molecule has 0 bridgehead atoms. The Hall–Kier alpha value is -1.95. The van der Waals surface area contributed by atoms with Crippen LogP contribution in [-0.2, 0) is 11.3 Å². The molecule has 2 aromatic rings. The van der Waals surface area contributed by atoms with Gasteiger partial charge in [0, 0.05) is 13.2 Å². The lowest BCUT2D eigenvalue weighted by molar-refractivity contribution is 0.0697. The van der Waals surface area contributed by atoms with E-state index >= 15 is 0 Å². The lowest BCUT2D eigenvalue weighted by Gasteiger charge is -2.07. The van der Waals surface area contributed by atoms with Crippen molar-refractivity contribution in [2.24, 2.45) is 0 Å². The van der Waals surface area contributed by atoms with Crippen molar-refractivity contribution >= 4 is 17.0 Å². The Kier molecular flexibility index (Phi) is 4.68. The molecule has 6 heteroatoms. The predicted octanol–water partition coefficient (Wildman–Crippen LogP) is 2.33. The highest BCUT2D eigenvalue weighted by molar-refractivity contribution is 6.00. The van der Waals surface area contributed by atoms with E-state index in [4.69, 9.17) is 4.74 Å². The number of carboxylic acids is 1. The summed E-state index contributed by atoms with van der Waals surface area (Å²) in [4.78, 5) is 11.2. The Balaban J connectivity index is 2.05. The summed E-state index contributed by atoms with van der Waals surface area (Å²) in [6, 6.07) is 5.03. The maximum absolute atomic E-state index is 11.2. The number of benzene rings is 1. The maximum atomic E-state index is 11.2. The van der Waals surface area contributed by atoms with Gasteiger partial charge in [-0.15, -0.1) is 5.10 Å². The SMILES string of the molecule is CC(C)OCCCCn1nnc2cccc(C(=O)O)c21. The molecular weight excluding hydrogens is 258 g/mol. The number of hydrogen-bond donors (Lipinski definition) is 1. The number of aromatic carboxylic acids is 1. The number of aryl methyl sites for hydroxylation is 1. The van der Waals surface area contributed by atoms with Crippen LogP contribution < -0.4 is 0 Å². The fourth-order valence-corrected chi connectivity index (χ4v) is 2.04. The molecular formula is C14H19N3O3. The molecule has 0 aliphatic carbocycles. The fraction of sp³-hybridized carbons (Fsp3) is 0.500. The second-order valence-electron chi connectivity index (χ2n) is 4.92. The molecule has 0 spiro atoms. The topological polar surface area (TPSA) is 77.2 Å². The van der Waals surface area contributed by atoms with Gasteiger partial charge in [-0.25, -0.2) is 9.48 Å². The molecule has 1 aromatic carbocycles. The Bertz CT molecular complexity index is 592. The number of carboxylic acid groups (broad SMARTS) is 1. The Morgan fingerprint density at radius 1 is 1.40 bits per heavy atom. The second kappa shape index (κ2) is 6.47. The van der Waals surface area contributed by atoms with E-state index in [1.165, 1.54) is 0 Å². The Morgan fingerprint density at radius 3 is 2.90 bits per heavy atom. The number of aromatic nitrogens is 3. The molecule has 1 N–H and O–H groups in total. The minimum atomic E-state index is -0.956. The molecule has 0 unspecified atom stereocenters. The summed E-state index contributed by atoms with van der Waals surface area (Å²) in [7, 11) is 0. The fourth-order valence-electron chi connectivity index (χ4n) is 2.04. The summed E-state index contributed by atoms with van der Waals surface area (Å²) < 4.78 is 7.13. The largest absolute Gasteiger partial charge is 0.478 e. The summed E-state index contributed by atoms with van der Waals surface area (Å²) in [5.41, 5.74) is 1.44. The van der Waals surface area contributed by atoms with Crippen LogP contribution in [0, 0.1) is 0 Å². The van der Waals surface area contributed by atoms with Crippen LogP contribution in [0.2, 0.25) is 0 Å². The lowest BCUT2D eigenvalue weighted by Crippen LogP contribution is -2.08. The number of nitrogens with zero attached hydrogens (tertiary/aromatic N) is 3.